The lowest BCUT2D eigenvalue weighted by molar-refractivity contribution is 0.124. The fourth-order valence-corrected chi connectivity index (χ4v) is 3.11. The summed E-state index contributed by atoms with van der Waals surface area (Å²) in [4.78, 5) is 6.74. The van der Waals surface area contributed by atoms with Crippen LogP contribution < -0.4 is 4.74 Å². The van der Waals surface area contributed by atoms with Gasteiger partial charge in [0.25, 0.3) is 0 Å². The van der Waals surface area contributed by atoms with Gasteiger partial charge in [0, 0.05) is 50.5 Å². The number of ether oxygens (including phenoxy) is 2. The number of hydrogen-bond acceptors (Lipinski definition) is 6. The molecule has 0 aromatic carbocycles. The number of hydrogen-bond donors (Lipinski definition) is 0. The average molecular weight is 331 g/mol. The number of nitrogens with zero attached hydrogens (tertiary/aromatic N) is 5. The summed E-state index contributed by atoms with van der Waals surface area (Å²) >= 11 is 0. The van der Waals surface area contributed by atoms with Crippen LogP contribution in [0.1, 0.15) is 31.1 Å². The Hall–Kier alpha value is -1.99. The Bertz CT molecular complexity index is 673. The molecule has 0 radical (unpaired) electrons. The summed E-state index contributed by atoms with van der Waals surface area (Å²) in [6.45, 7) is 8.05. The summed E-state index contributed by atoms with van der Waals surface area (Å²) in [7, 11) is 1.67. The molecule has 0 saturated heterocycles. The molecule has 2 aromatic heterocycles. The number of pyridine rings is 1. The molecular formula is C17H25N5O2. The second-order valence-electron chi connectivity index (χ2n) is 6.02. The lowest BCUT2D eigenvalue weighted by Gasteiger charge is -2.26. The van der Waals surface area contributed by atoms with Gasteiger partial charge in [-0.3, -0.25) is 4.90 Å². The Balaban J connectivity index is 1.73. The molecule has 3 rings (SSSR count). The summed E-state index contributed by atoms with van der Waals surface area (Å²) in [6, 6.07) is 4.40. The normalized spacial score (nSPS) is 18.2. The van der Waals surface area contributed by atoms with Crippen LogP contribution in [0, 0.1) is 0 Å². The van der Waals surface area contributed by atoms with Gasteiger partial charge in [0.1, 0.15) is 12.4 Å². The highest BCUT2D eigenvalue weighted by molar-refractivity contribution is 5.25. The summed E-state index contributed by atoms with van der Waals surface area (Å²) in [5.74, 6) is 2.66. The summed E-state index contributed by atoms with van der Waals surface area (Å²) in [5.41, 5.74) is 1.11. The van der Waals surface area contributed by atoms with E-state index in [1.54, 1.807) is 13.3 Å². The summed E-state index contributed by atoms with van der Waals surface area (Å²) in [6.07, 6.45) is 2.64. The number of rotatable bonds is 6. The van der Waals surface area contributed by atoms with Gasteiger partial charge in [-0.1, -0.05) is 6.07 Å². The van der Waals surface area contributed by atoms with E-state index in [-0.39, 0.29) is 0 Å². The van der Waals surface area contributed by atoms with Crippen LogP contribution in [0.25, 0.3) is 0 Å². The highest BCUT2D eigenvalue weighted by atomic mass is 16.5. The number of fused-ring (bicyclic) bond motifs is 1. The maximum absolute atomic E-state index is 5.50. The van der Waals surface area contributed by atoms with Crippen LogP contribution in [0.2, 0.25) is 0 Å². The molecular weight excluding hydrogens is 306 g/mol. The van der Waals surface area contributed by atoms with Crippen molar-refractivity contribution in [2.45, 2.75) is 46.0 Å². The van der Waals surface area contributed by atoms with Crippen LogP contribution in [0.15, 0.2) is 18.3 Å². The van der Waals surface area contributed by atoms with Crippen LogP contribution in [-0.2, 0) is 30.9 Å². The Morgan fingerprint density at radius 3 is 2.96 bits per heavy atom. The maximum atomic E-state index is 5.50. The van der Waals surface area contributed by atoms with Crippen molar-refractivity contribution in [2.75, 3.05) is 20.3 Å². The molecule has 0 amide bonds. The molecule has 0 bridgehead atoms. The van der Waals surface area contributed by atoms with Gasteiger partial charge in [0.15, 0.2) is 5.82 Å². The van der Waals surface area contributed by atoms with E-state index in [0.29, 0.717) is 25.1 Å². The highest BCUT2D eigenvalue weighted by Gasteiger charge is 2.24. The average Bonchev–Trinajstić information content (AvgIpc) is 2.90. The zero-order valence-corrected chi connectivity index (χ0v) is 14.6. The van der Waals surface area contributed by atoms with E-state index >= 15 is 0 Å². The third-order valence-electron chi connectivity index (χ3n) is 4.47. The molecule has 0 saturated carbocycles. The zero-order chi connectivity index (χ0) is 16.9. The molecule has 1 aliphatic rings. The van der Waals surface area contributed by atoms with Crippen LogP contribution in [0.5, 0.6) is 5.88 Å². The first-order chi connectivity index (χ1) is 11.7. The molecule has 0 fully saturated rings. The molecule has 7 nitrogen and oxygen atoms in total. The van der Waals surface area contributed by atoms with E-state index in [9.17, 15) is 0 Å². The van der Waals surface area contributed by atoms with E-state index < -0.39 is 0 Å². The predicted molar refractivity (Wildman–Crippen MR) is 89.7 cm³/mol. The van der Waals surface area contributed by atoms with Gasteiger partial charge in [0.05, 0.1) is 7.11 Å². The maximum Gasteiger partial charge on any atom is 0.217 e. The van der Waals surface area contributed by atoms with E-state index in [2.05, 4.69) is 37.6 Å². The van der Waals surface area contributed by atoms with Gasteiger partial charge >= 0.3 is 0 Å². The van der Waals surface area contributed by atoms with Gasteiger partial charge in [0.2, 0.25) is 5.88 Å². The van der Waals surface area contributed by atoms with Gasteiger partial charge in [-0.15, -0.1) is 10.2 Å². The number of aromatic nitrogens is 4. The zero-order valence-electron chi connectivity index (χ0n) is 14.6. The van der Waals surface area contributed by atoms with Crippen molar-refractivity contribution < 1.29 is 9.47 Å². The molecule has 0 spiro atoms. The standard InChI is InChI=1S/C17H25N5O2/c1-4-24-12-16-20-19-15-10-13(2)21(8-9-22(15)16)11-14-6-5-7-18-17(14)23-3/h5-7,13H,4,8-12H2,1-3H3/t13-/m1/s1. The molecule has 130 valence electrons. The van der Waals surface area contributed by atoms with Crippen molar-refractivity contribution in [2.24, 2.45) is 0 Å². The smallest absolute Gasteiger partial charge is 0.217 e. The molecule has 1 atom stereocenters. The first kappa shape index (κ1) is 16.9. The molecule has 0 N–H and O–H groups in total. The lowest BCUT2D eigenvalue weighted by Crippen LogP contribution is -2.34. The van der Waals surface area contributed by atoms with Crippen LogP contribution in [-0.4, -0.2) is 51.0 Å². The minimum Gasteiger partial charge on any atom is -0.481 e. The topological polar surface area (TPSA) is 65.3 Å². The Morgan fingerprint density at radius 2 is 2.17 bits per heavy atom. The summed E-state index contributed by atoms with van der Waals surface area (Å²) in [5, 5.41) is 8.65. The van der Waals surface area contributed by atoms with E-state index in [1.807, 2.05) is 13.0 Å². The van der Waals surface area contributed by atoms with E-state index in [4.69, 9.17) is 9.47 Å². The van der Waals surface area contributed by atoms with Crippen molar-refractivity contribution in [1.82, 2.24) is 24.6 Å². The minimum absolute atomic E-state index is 0.375. The van der Waals surface area contributed by atoms with Crippen LogP contribution in [0.3, 0.4) is 0 Å². The van der Waals surface area contributed by atoms with Crippen LogP contribution in [0.4, 0.5) is 0 Å². The highest BCUT2D eigenvalue weighted by Crippen LogP contribution is 2.21. The second kappa shape index (κ2) is 7.72. The largest absolute Gasteiger partial charge is 0.481 e. The van der Waals surface area contributed by atoms with Crippen molar-refractivity contribution in [3.05, 3.63) is 35.5 Å². The van der Waals surface area contributed by atoms with Crippen LogP contribution >= 0.6 is 0 Å². The van der Waals surface area contributed by atoms with Gasteiger partial charge in [-0.25, -0.2) is 4.98 Å². The molecule has 24 heavy (non-hydrogen) atoms. The van der Waals surface area contributed by atoms with Crippen molar-refractivity contribution >= 4 is 0 Å². The van der Waals surface area contributed by atoms with Crippen molar-refractivity contribution in [3.63, 3.8) is 0 Å². The second-order valence-corrected chi connectivity index (χ2v) is 6.02. The first-order valence-electron chi connectivity index (χ1n) is 8.43. The number of methoxy groups -OCH3 is 1. The summed E-state index contributed by atoms with van der Waals surface area (Å²) < 4.78 is 13.1. The molecule has 3 heterocycles. The van der Waals surface area contributed by atoms with Gasteiger partial charge < -0.3 is 14.0 Å². The molecule has 0 aliphatic carbocycles. The Morgan fingerprint density at radius 1 is 1.29 bits per heavy atom. The van der Waals surface area contributed by atoms with Crippen molar-refractivity contribution in [1.29, 1.82) is 0 Å². The SMILES string of the molecule is CCOCc1nnc2n1CCN(Cc1cccnc1OC)[C@H](C)C2. The van der Waals surface area contributed by atoms with Gasteiger partial charge in [-0.05, 0) is 19.9 Å². The molecule has 1 aliphatic heterocycles. The predicted octanol–water partition coefficient (Wildman–Crippen LogP) is 1.66. The Labute approximate surface area is 142 Å². The first-order valence-corrected chi connectivity index (χ1v) is 8.43. The lowest BCUT2D eigenvalue weighted by atomic mass is 10.1. The fraction of sp³-hybridized carbons (Fsp3) is 0.588. The molecule has 2 aromatic rings. The fourth-order valence-electron chi connectivity index (χ4n) is 3.11. The van der Waals surface area contributed by atoms with E-state index in [0.717, 1.165) is 43.3 Å². The third kappa shape index (κ3) is 3.57. The monoisotopic (exact) mass is 331 g/mol. The van der Waals surface area contributed by atoms with E-state index in [1.165, 1.54) is 0 Å². The molecule has 7 heteroatoms. The van der Waals surface area contributed by atoms with Gasteiger partial charge in [-0.2, -0.15) is 0 Å². The minimum atomic E-state index is 0.375. The molecule has 0 unspecified atom stereocenters. The third-order valence-corrected chi connectivity index (χ3v) is 4.47. The van der Waals surface area contributed by atoms with Crippen molar-refractivity contribution in [3.8, 4) is 5.88 Å². The quantitative estimate of drug-likeness (QED) is 0.802. The Kier molecular flexibility index (Phi) is 5.42.